The van der Waals surface area contributed by atoms with Gasteiger partial charge in [0.2, 0.25) is 0 Å². The summed E-state index contributed by atoms with van der Waals surface area (Å²) in [6, 6.07) is 17.7. The first kappa shape index (κ1) is 19.1. The van der Waals surface area contributed by atoms with Gasteiger partial charge in [-0.1, -0.05) is 30.3 Å². The van der Waals surface area contributed by atoms with Gasteiger partial charge in [0.05, 0.1) is 25.0 Å². The van der Waals surface area contributed by atoms with Gasteiger partial charge in [-0.25, -0.2) is 0 Å². The fourth-order valence-electron chi connectivity index (χ4n) is 3.67. The molecule has 1 aliphatic heterocycles. The predicted molar refractivity (Wildman–Crippen MR) is 110 cm³/mol. The Morgan fingerprint density at radius 3 is 2.52 bits per heavy atom. The number of methoxy groups -OCH3 is 1. The molecule has 7 nitrogen and oxygen atoms in total. The van der Waals surface area contributed by atoms with E-state index in [-0.39, 0.29) is 11.9 Å². The lowest BCUT2D eigenvalue weighted by atomic mass is 10.1. The number of para-hydroxylation sites is 1. The molecule has 29 heavy (non-hydrogen) atoms. The van der Waals surface area contributed by atoms with Crippen molar-refractivity contribution in [3.05, 3.63) is 72.1 Å². The molecule has 1 atom stereocenters. The van der Waals surface area contributed by atoms with Crippen molar-refractivity contribution in [1.82, 2.24) is 25.2 Å². The zero-order valence-corrected chi connectivity index (χ0v) is 16.5. The van der Waals surface area contributed by atoms with Crippen LogP contribution in [0.5, 0.6) is 5.75 Å². The van der Waals surface area contributed by atoms with E-state index in [2.05, 4.69) is 32.5 Å². The lowest BCUT2D eigenvalue weighted by Crippen LogP contribution is -2.37. The molecule has 0 spiro atoms. The molecule has 2 heterocycles. The van der Waals surface area contributed by atoms with Gasteiger partial charge in [-0.2, -0.15) is 9.90 Å². The largest absolute Gasteiger partial charge is 0.497 e. The maximum atomic E-state index is 12.7. The maximum Gasteiger partial charge on any atom is 0.273 e. The first-order chi connectivity index (χ1) is 14.2. The second-order valence-corrected chi connectivity index (χ2v) is 7.10. The molecule has 7 heteroatoms. The van der Waals surface area contributed by atoms with E-state index in [4.69, 9.17) is 4.74 Å². The fourth-order valence-corrected chi connectivity index (χ4v) is 3.67. The minimum Gasteiger partial charge on any atom is -0.497 e. The number of benzene rings is 2. The van der Waals surface area contributed by atoms with Crippen LogP contribution in [0.15, 0.2) is 60.8 Å². The molecule has 1 aromatic heterocycles. The molecule has 1 saturated heterocycles. The Labute approximate surface area is 170 Å². The number of ether oxygens (including phenoxy) is 1. The van der Waals surface area contributed by atoms with Gasteiger partial charge < -0.3 is 10.1 Å². The summed E-state index contributed by atoms with van der Waals surface area (Å²) >= 11 is 0. The molecular weight excluding hydrogens is 366 g/mol. The van der Waals surface area contributed by atoms with E-state index in [1.165, 1.54) is 29.4 Å². The van der Waals surface area contributed by atoms with Gasteiger partial charge in [-0.15, -0.1) is 5.10 Å². The second kappa shape index (κ2) is 8.87. The summed E-state index contributed by atoms with van der Waals surface area (Å²) in [7, 11) is 1.66. The van der Waals surface area contributed by atoms with E-state index < -0.39 is 0 Å². The maximum absolute atomic E-state index is 12.7. The number of carbonyl (C=O) groups is 1. The Hall–Kier alpha value is -3.19. The van der Waals surface area contributed by atoms with Crippen molar-refractivity contribution in [3.8, 4) is 11.4 Å². The number of rotatable bonds is 7. The van der Waals surface area contributed by atoms with Crippen molar-refractivity contribution < 1.29 is 9.53 Å². The van der Waals surface area contributed by atoms with E-state index in [0.717, 1.165) is 24.5 Å². The average molecular weight is 391 g/mol. The smallest absolute Gasteiger partial charge is 0.273 e. The predicted octanol–water partition coefficient (Wildman–Crippen LogP) is 2.84. The Bertz CT molecular complexity index is 933. The highest BCUT2D eigenvalue weighted by Gasteiger charge is 2.24. The summed E-state index contributed by atoms with van der Waals surface area (Å²) in [5.41, 5.74) is 2.30. The highest BCUT2D eigenvalue weighted by Crippen LogP contribution is 2.26. The first-order valence-corrected chi connectivity index (χ1v) is 9.88. The van der Waals surface area contributed by atoms with E-state index in [0.29, 0.717) is 12.2 Å². The third kappa shape index (κ3) is 4.46. The third-order valence-corrected chi connectivity index (χ3v) is 5.25. The van der Waals surface area contributed by atoms with Crippen LogP contribution in [-0.2, 0) is 0 Å². The number of nitrogens with one attached hydrogen (secondary N) is 1. The van der Waals surface area contributed by atoms with Crippen LogP contribution < -0.4 is 10.1 Å². The highest BCUT2D eigenvalue weighted by atomic mass is 16.5. The topological polar surface area (TPSA) is 72.3 Å². The SMILES string of the molecule is COc1ccc(C(CNC(=O)c2cnn(-c3ccccc3)n2)N2CCCC2)cc1. The number of hydrogen-bond acceptors (Lipinski definition) is 5. The van der Waals surface area contributed by atoms with Crippen molar-refractivity contribution in [2.24, 2.45) is 0 Å². The lowest BCUT2D eigenvalue weighted by molar-refractivity contribution is 0.0932. The zero-order valence-electron chi connectivity index (χ0n) is 16.5. The first-order valence-electron chi connectivity index (χ1n) is 9.88. The standard InChI is InChI=1S/C22H25N5O2/c1-29-19-11-9-17(10-12-19)21(26-13-5-6-14-26)16-23-22(28)20-15-24-27(25-20)18-7-3-2-4-8-18/h2-4,7-12,15,21H,5-6,13-14,16H2,1H3,(H,23,28). The lowest BCUT2D eigenvalue weighted by Gasteiger charge is -2.28. The summed E-state index contributed by atoms with van der Waals surface area (Å²) in [5, 5.41) is 11.6. The number of likely N-dealkylation sites (tertiary alicyclic amines) is 1. The zero-order chi connectivity index (χ0) is 20.1. The molecule has 1 unspecified atom stereocenters. The molecule has 150 valence electrons. The van der Waals surface area contributed by atoms with Crippen molar-refractivity contribution in [2.45, 2.75) is 18.9 Å². The summed E-state index contributed by atoms with van der Waals surface area (Å²) < 4.78 is 5.27. The van der Waals surface area contributed by atoms with Crippen LogP contribution in [0.2, 0.25) is 0 Å². The number of amides is 1. The van der Waals surface area contributed by atoms with Gasteiger partial charge in [0.25, 0.3) is 5.91 Å². The highest BCUT2D eigenvalue weighted by molar-refractivity contribution is 5.91. The van der Waals surface area contributed by atoms with Crippen molar-refractivity contribution >= 4 is 5.91 Å². The molecule has 2 aromatic carbocycles. The van der Waals surface area contributed by atoms with Crippen molar-refractivity contribution in [3.63, 3.8) is 0 Å². The number of aromatic nitrogens is 3. The van der Waals surface area contributed by atoms with Crippen LogP contribution >= 0.6 is 0 Å². The number of carbonyl (C=O) groups excluding carboxylic acids is 1. The van der Waals surface area contributed by atoms with Gasteiger partial charge in [0, 0.05) is 6.54 Å². The normalized spacial score (nSPS) is 15.2. The molecule has 0 bridgehead atoms. The van der Waals surface area contributed by atoms with Crippen LogP contribution in [-0.4, -0.2) is 52.5 Å². The molecular formula is C22H25N5O2. The summed E-state index contributed by atoms with van der Waals surface area (Å²) in [6.07, 6.45) is 3.87. The minimum atomic E-state index is -0.218. The van der Waals surface area contributed by atoms with Crippen LogP contribution in [0.1, 0.15) is 34.9 Å². The minimum absolute atomic E-state index is 0.122. The van der Waals surface area contributed by atoms with Gasteiger partial charge in [-0.05, 0) is 55.8 Å². The van der Waals surface area contributed by atoms with Crippen LogP contribution in [0.4, 0.5) is 0 Å². The molecule has 1 fully saturated rings. The molecule has 0 aliphatic carbocycles. The van der Waals surface area contributed by atoms with Gasteiger partial charge >= 0.3 is 0 Å². The summed E-state index contributed by atoms with van der Waals surface area (Å²) in [5.74, 6) is 0.611. The van der Waals surface area contributed by atoms with E-state index in [9.17, 15) is 4.79 Å². The fraction of sp³-hybridized carbons (Fsp3) is 0.318. The Morgan fingerprint density at radius 2 is 1.83 bits per heavy atom. The Kier molecular flexibility index (Phi) is 5.86. The van der Waals surface area contributed by atoms with Gasteiger partial charge in [0.1, 0.15) is 5.75 Å². The molecule has 0 saturated carbocycles. The van der Waals surface area contributed by atoms with Crippen molar-refractivity contribution in [2.75, 3.05) is 26.7 Å². The van der Waals surface area contributed by atoms with Crippen molar-refractivity contribution in [1.29, 1.82) is 0 Å². The van der Waals surface area contributed by atoms with E-state index in [1.54, 1.807) is 7.11 Å². The molecule has 1 aliphatic rings. The summed E-state index contributed by atoms with van der Waals surface area (Å²) in [4.78, 5) is 16.6. The second-order valence-electron chi connectivity index (χ2n) is 7.10. The molecule has 4 rings (SSSR count). The third-order valence-electron chi connectivity index (χ3n) is 5.25. The van der Waals surface area contributed by atoms with E-state index in [1.807, 2.05) is 42.5 Å². The molecule has 0 radical (unpaired) electrons. The van der Waals surface area contributed by atoms with Crippen LogP contribution in [0, 0.1) is 0 Å². The number of hydrogen-bond donors (Lipinski definition) is 1. The van der Waals surface area contributed by atoms with E-state index >= 15 is 0 Å². The monoisotopic (exact) mass is 391 g/mol. The average Bonchev–Trinajstić information content (AvgIpc) is 3.47. The molecule has 3 aromatic rings. The molecule has 1 N–H and O–H groups in total. The Balaban J connectivity index is 1.45. The quantitative estimate of drug-likeness (QED) is 0.671. The van der Waals surface area contributed by atoms with Crippen LogP contribution in [0.3, 0.4) is 0 Å². The van der Waals surface area contributed by atoms with Crippen LogP contribution in [0.25, 0.3) is 5.69 Å². The number of nitrogens with zero attached hydrogens (tertiary/aromatic N) is 4. The van der Waals surface area contributed by atoms with Gasteiger partial charge in [-0.3, -0.25) is 9.69 Å². The summed E-state index contributed by atoms with van der Waals surface area (Å²) in [6.45, 7) is 2.59. The van der Waals surface area contributed by atoms with Gasteiger partial charge in [0.15, 0.2) is 5.69 Å². The molecule has 1 amide bonds. The Morgan fingerprint density at radius 1 is 1.10 bits per heavy atom.